The highest BCUT2D eigenvalue weighted by molar-refractivity contribution is 6.46. The van der Waals surface area contributed by atoms with Gasteiger partial charge in [-0.2, -0.15) is 0 Å². The van der Waals surface area contributed by atoms with Crippen molar-refractivity contribution >= 4 is 23.1 Å². The smallest absolute Gasteiger partial charge is 0.295 e. The van der Waals surface area contributed by atoms with Crippen LogP contribution >= 0.6 is 0 Å². The largest absolute Gasteiger partial charge is 0.507 e. The third-order valence-electron chi connectivity index (χ3n) is 6.36. The maximum atomic E-state index is 13.4. The van der Waals surface area contributed by atoms with E-state index in [4.69, 9.17) is 4.74 Å². The van der Waals surface area contributed by atoms with Gasteiger partial charge in [-0.3, -0.25) is 14.5 Å². The molecule has 34 heavy (non-hydrogen) atoms. The number of aliphatic hydroxyl groups is 1. The predicted octanol–water partition coefficient (Wildman–Crippen LogP) is 3.04. The molecular weight excluding hydrogens is 437 g/mol. The lowest BCUT2D eigenvalue weighted by Gasteiger charge is -2.29. The van der Waals surface area contributed by atoms with Crippen LogP contribution in [0.3, 0.4) is 0 Å². The molecule has 1 unspecified atom stereocenters. The number of benzene rings is 2. The lowest BCUT2D eigenvalue weighted by Crippen LogP contribution is -2.38. The molecule has 0 spiro atoms. The molecule has 0 aliphatic carbocycles. The second-order valence-corrected chi connectivity index (χ2v) is 8.79. The summed E-state index contributed by atoms with van der Waals surface area (Å²) in [5.41, 5.74) is 2.04. The lowest BCUT2D eigenvalue weighted by molar-refractivity contribution is -0.140. The molecule has 0 saturated carbocycles. The van der Waals surface area contributed by atoms with E-state index in [1.807, 2.05) is 43.3 Å². The van der Waals surface area contributed by atoms with Crippen LogP contribution in [0, 0.1) is 5.82 Å². The Morgan fingerprint density at radius 2 is 1.68 bits per heavy atom. The van der Waals surface area contributed by atoms with Gasteiger partial charge in [0.1, 0.15) is 11.6 Å². The van der Waals surface area contributed by atoms with Crippen LogP contribution in [-0.4, -0.2) is 80.1 Å². The number of ketones is 1. The first kappa shape index (κ1) is 23.9. The minimum absolute atomic E-state index is 0.0283. The number of nitrogens with zero attached hydrogens (tertiary/aromatic N) is 3. The van der Waals surface area contributed by atoms with Crippen molar-refractivity contribution in [2.75, 3.05) is 58.4 Å². The Morgan fingerprint density at radius 1 is 1.03 bits per heavy atom. The van der Waals surface area contributed by atoms with E-state index in [2.05, 4.69) is 4.90 Å². The molecule has 2 fully saturated rings. The van der Waals surface area contributed by atoms with Gasteiger partial charge in [0.15, 0.2) is 0 Å². The second-order valence-electron chi connectivity index (χ2n) is 8.79. The van der Waals surface area contributed by atoms with E-state index in [1.165, 1.54) is 24.3 Å². The molecule has 180 valence electrons. The van der Waals surface area contributed by atoms with Gasteiger partial charge < -0.3 is 19.6 Å². The number of hydrogen-bond donors (Lipinski definition) is 1. The maximum absolute atomic E-state index is 13.4. The minimum Gasteiger partial charge on any atom is -0.507 e. The standard InChI is InChI=1S/C26H30FN3O4/c1-28(2)21-10-6-18(7-11-21)23-22(24(31)19-4-8-20(27)9-5-19)25(32)26(33)30(23)13-3-12-29-14-16-34-17-15-29/h4-11,23,31H,3,12-17H2,1-2H3/b24-22-. The number of Topliss-reactive ketones (excluding diaryl/α,β-unsaturated/α-hetero) is 1. The first-order valence-electron chi connectivity index (χ1n) is 11.5. The molecule has 0 aromatic heterocycles. The molecule has 2 heterocycles. The number of hydrogen-bond acceptors (Lipinski definition) is 6. The zero-order valence-corrected chi connectivity index (χ0v) is 19.5. The van der Waals surface area contributed by atoms with Crippen molar-refractivity contribution in [2.24, 2.45) is 0 Å². The lowest BCUT2D eigenvalue weighted by atomic mass is 9.95. The maximum Gasteiger partial charge on any atom is 0.295 e. The van der Waals surface area contributed by atoms with Crippen molar-refractivity contribution in [3.05, 3.63) is 71.0 Å². The summed E-state index contributed by atoms with van der Waals surface area (Å²) in [6.07, 6.45) is 0.690. The van der Waals surface area contributed by atoms with Gasteiger partial charge in [0.05, 0.1) is 24.8 Å². The Kier molecular flexibility index (Phi) is 7.29. The average Bonchev–Trinajstić information content (AvgIpc) is 3.10. The normalized spacial score (nSPS) is 20.7. The molecule has 4 rings (SSSR count). The number of anilines is 1. The topological polar surface area (TPSA) is 73.3 Å². The number of aliphatic hydroxyl groups excluding tert-OH is 1. The van der Waals surface area contributed by atoms with Gasteiger partial charge in [-0.25, -0.2) is 4.39 Å². The second kappa shape index (κ2) is 10.4. The average molecular weight is 468 g/mol. The highest BCUT2D eigenvalue weighted by Crippen LogP contribution is 2.39. The highest BCUT2D eigenvalue weighted by atomic mass is 19.1. The number of ether oxygens (including phenoxy) is 1. The molecule has 1 atom stereocenters. The summed E-state index contributed by atoms with van der Waals surface area (Å²) in [5, 5.41) is 11.0. The summed E-state index contributed by atoms with van der Waals surface area (Å²) in [7, 11) is 3.86. The summed E-state index contributed by atoms with van der Waals surface area (Å²) in [5.74, 6) is -2.10. The van der Waals surface area contributed by atoms with E-state index in [-0.39, 0.29) is 11.3 Å². The summed E-state index contributed by atoms with van der Waals surface area (Å²) in [6.45, 7) is 4.25. The zero-order chi connectivity index (χ0) is 24.2. The minimum atomic E-state index is -0.727. The van der Waals surface area contributed by atoms with Crippen LogP contribution in [0.1, 0.15) is 23.6 Å². The summed E-state index contributed by atoms with van der Waals surface area (Å²) in [4.78, 5) is 32.0. The van der Waals surface area contributed by atoms with Crippen LogP contribution in [0.25, 0.3) is 5.76 Å². The number of likely N-dealkylation sites (tertiary alicyclic amines) is 1. The Morgan fingerprint density at radius 3 is 2.29 bits per heavy atom. The van der Waals surface area contributed by atoms with Crippen molar-refractivity contribution < 1.29 is 23.8 Å². The molecule has 2 saturated heterocycles. The fourth-order valence-electron chi connectivity index (χ4n) is 4.46. The Balaban J connectivity index is 1.67. The van der Waals surface area contributed by atoms with Gasteiger partial charge in [-0.15, -0.1) is 0 Å². The molecule has 2 aromatic rings. The number of amides is 1. The predicted molar refractivity (Wildman–Crippen MR) is 128 cm³/mol. The third-order valence-corrected chi connectivity index (χ3v) is 6.36. The van der Waals surface area contributed by atoms with Gasteiger partial charge in [-0.1, -0.05) is 12.1 Å². The van der Waals surface area contributed by atoms with E-state index in [0.29, 0.717) is 31.7 Å². The molecule has 2 aliphatic heterocycles. The van der Waals surface area contributed by atoms with Crippen LogP contribution in [-0.2, 0) is 14.3 Å². The van der Waals surface area contributed by atoms with Gasteiger partial charge in [0.25, 0.3) is 11.7 Å². The zero-order valence-electron chi connectivity index (χ0n) is 19.5. The SMILES string of the molecule is CN(C)c1ccc(C2/C(=C(/O)c3ccc(F)cc3)C(=O)C(=O)N2CCCN2CCOCC2)cc1. The fourth-order valence-corrected chi connectivity index (χ4v) is 4.46. The summed E-state index contributed by atoms with van der Waals surface area (Å²) < 4.78 is 18.8. The number of halogens is 1. The van der Waals surface area contributed by atoms with Gasteiger partial charge in [-0.05, 0) is 48.4 Å². The molecule has 0 radical (unpaired) electrons. The van der Waals surface area contributed by atoms with Crippen molar-refractivity contribution in [1.82, 2.24) is 9.80 Å². The van der Waals surface area contributed by atoms with Crippen molar-refractivity contribution in [3.8, 4) is 0 Å². The fraction of sp³-hybridized carbons (Fsp3) is 0.385. The van der Waals surface area contributed by atoms with Crippen LogP contribution < -0.4 is 4.90 Å². The van der Waals surface area contributed by atoms with E-state index < -0.39 is 23.5 Å². The van der Waals surface area contributed by atoms with E-state index >= 15 is 0 Å². The van der Waals surface area contributed by atoms with Gasteiger partial charge in [0.2, 0.25) is 0 Å². The molecular formula is C26H30FN3O4. The van der Waals surface area contributed by atoms with Crippen LogP contribution in [0.2, 0.25) is 0 Å². The molecule has 2 aromatic carbocycles. The number of rotatable bonds is 7. The molecule has 1 amide bonds. The monoisotopic (exact) mass is 467 g/mol. The quantitative estimate of drug-likeness (QED) is 0.383. The van der Waals surface area contributed by atoms with E-state index in [9.17, 15) is 19.1 Å². The number of carbonyl (C=O) groups is 2. The van der Waals surface area contributed by atoms with Crippen LogP contribution in [0.5, 0.6) is 0 Å². The van der Waals surface area contributed by atoms with Gasteiger partial charge >= 0.3 is 0 Å². The highest BCUT2D eigenvalue weighted by Gasteiger charge is 2.45. The van der Waals surface area contributed by atoms with Crippen molar-refractivity contribution in [3.63, 3.8) is 0 Å². The summed E-state index contributed by atoms with van der Waals surface area (Å²) >= 11 is 0. The molecule has 0 bridgehead atoms. The first-order valence-corrected chi connectivity index (χ1v) is 11.5. The van der Waals surface area contributed by atoms with E-state index in [1.54, 1.807) is 4.90 Å². The van der Waals surface area contributed by atoms with Crippen LogP contribution in [0.4, 0.5) is 10.1 Å². The number of morpholine rings is 1. The Labute approximate surface area is 199 Å². The molecule has 1 N–H and O–H groups in total. The third kappa shape index (κ3) is 4.98. The van der Waals surface area contributed by atoms with E-state index in [0.717, 1.165) is 30.9 Å². The van der Waals surface area contributed by atoms with Crippen molar-refractivity contribution in [2.45, 2.75) is 12.5 Å². The van der Waals surface area contributed by atoms with Crippen LogP contribution in [0.15, 0.2) is 54.1 Å². The Hall–Kier alpha value is -3.23. The van der Waals surface area contributed by atoms with Crippen molar-refractivity contribution in [1.29, 1.82) is 0 Å². The molecule has 7 nitrogen and oxygen atoms in total. The summed E-state index contributed by atoms with van der Waals surface area (Å²) in [6, 6.07) is 12.1. The Bertz CT molecular complexity index is 1060. The number of carbonyl (C=O) groups excluding carboxylic acids is 2. The molecule has 2 aliphatic rings. The molecule has 8 heteroatoms. The van der Waals surface area contributed by atoms with Gasteiger partial charge in [0, 0.05) is 51.5 Å². The first-order chi connectivity index (χ1) is 16.4.